The van der Waals surface area contributed by atoms with Gasteiger partial charge in [-0.3, -0.25) is 9.69 Å². The number of ether oxygens (including phenoxy) is 1. The van der Waals surface area contributed by atoms with Gasteiger partial charge in [0.25, 0.3) is 0 Å². The lowest BCUT2D eigenvalue weighted by atomic mass is 10.2. The van der Waals surface area contributed by atoms with Crippen LogP contribution in [0.15, 0.2) is 0 Å². The van der Waals surface area contributed by atoms with Gasteiger partial charge in [-0.1, -0.05) is 0 Å². The summed E-state index contributed by atoms with van der Waals surface area (Å²) in [6.07, 6.45) is 0.0416. The fourth-order valence-electron chi connectivity index (χ4n) is 1.07. The summed E-state index contributed by atoms with van der Waals surface area (Å²) in [5.41, 5.74) is -0.664. The van der Waals surface area contributed by atoms with Crippen molar-refractivity contribution in [2.75, 3.05) is 13.1 Å². The Morgan fingerprint density at radius 2 is 2.00 bits per heavy atom. The Morgan fingerprint density at radius 3 is 2.41 bits per heavy atom. The van der Waals surface area contributed by atoms with Crippen LogP contribution in [0.3, 0.4) is 0 Å². The molecule has 96 valence electrons. The first-order valence-electron chi connectivity index (χ1n) is 5.33. The SMILES string of the molecule is CC(C)(C)OC(=O)N(CCCC#N)CC(=O)O. The first-order valence-corrected chi connectivity index (χ1v) is 5.33. The monoisotopic (exact) mass is 242 g/mol. The van der Waals surface area contributed by atoms with Gasteiger partial charge in [0.2, 0.25) is 0 Å². The Balaban J connectivity index is 4.40. The third-order valence-electron chi connectivity index (χ3n) is 1.69. The van der Waals surface area contributed by atoms with Gasteiger partial charge in [0, 0.05) is 13.0 Å². The molecule has 0 unspecified atom stereocenters. The highest BCUT2D eigenvalue weighted by Crippen LogP contribution is 2.10. The molecule has 1 amide bonds. The summed E-state index contributed by atoms with van der Waals surface area (Å²) in [6.45, 7) is 4.91. The van der Waals surface area contributed by atoms with Crippen LogP contribution in [0, 0.1) is 11.3 Å². The fraction of sp³-hybridized carbons (Fsp3) is 0.727. The van der Waals surface area contributed by atoms with Crippen LogP contribution in [-0.4, -0.2) is 40.8 Å². The standard InChI is InChI=1S/C11H18N2O4/c1-11(2,3)17-10(16)13(8-9(14)15)7-5-4-6-12/h4-5,7-8H2,1-3H3,(H,14,15). The summed E-state index contributed by atoms with van der Waals surface area (Å²) in [7, 11) is 0. The van der Waals surface area contributed by atoms with Crippen molar-refractivity contribution in [1.29, 1.82) is 5.26 Å². The van der Waals surface area contributed by atoms with Crippen LogP contribution in [0.2, 0.25) is 0 Å². The molecule has 6 nitrogen and oxygen atoms in total. The average molecular weight is 242 g/mol. The summed E-state index contributed by atoms with van der Waals surface area (Å²) in [6, 6.07) is 1.94. The van der Waals surface area contributed by atoms with Crippen molar-refractivity contribution in [3.63, 3.8) is 0 Å². The number of carboxylic acids is 1. The lowest BCUT2D eigenvalue weighted by molar-refractivity contribution is -0.138. The van der Waals surface area contributed by atoms with Crippen molar-refractivity contribution in [1.82, 2.24) is 4.90 Å². The van der Waals surface area contributed by atoms with Gasteiger partial charge in [0.1, 0.15) is 12.1 Å². The van der Waals surface area contributed by atoms with E-state index in [-0.39, 0.29) is 13.0 Å². The van der Waals surface area contributed by atoms with Gasteiger partial charge in [-0.15, -0.1) is 0 Å². The Morgan fingerprint density at radius 1 is 1.41 bits per heavy atom. The largest absolute Gasteiger partial charge is 0.480 e. The van der Waals surface area contributed by atoms with E-state index in [0.717, 1.165) is 4.90 Å². The van der Waals surface area contributed by atoms with Gasteiger partial charge in [0.15, 0.2) is 0 Å². The number of rotatable bonds is 5. The molecule has 17 heavy (non-hydrogen) atoms. The second-order valence-electron chi connectivity index (χ2n) is 4.56. The molecule has 0 atom stereocenters. The van der Waals surface area contributed by atoms with Gasteiger partial charge < -0.3 is 9.84 Å². The molecule has 0 aliphatic carbocycles. The lowest BCUT2D eigenvalue weighted by Crippen LogP contribution is -2.40. The van der Waals surface area contributed by atoms with E-state index < -0.39 is 24.2 Å². The van der Waals surface area contributed by atoms with Crippen LogP contribution in [0.1, 0.15) is 33.6 Å². The smallest absolute Gasteiger partial charge is 0.410 e. The number of aliphatic carboxylic acids is 1. The Hall–Kier alpha value is -1.77. The van der Waals surface area contributed by atoms with E-state index >= 15 is 0 Å². The lowest BCUT2D eigenvalue weighted by Gasteiger charge is -2.26. The van der Waals surface area contributed by atoms with Crippen LogP contribution < -0.4 is 0 Å². The summed E-state index contributed by atoms with van der Waals surface area (Å²) >= 11 is 0. The molecule has 0 aliphatic heterocycles. The van der Waals surface area contributed by atoms with E-state index in [4.69, 9.17) is 15.1 Å². The molecule has 1 N–H and O–H groups in total. The first kappa shape index (κ1) is 15.2. The van der Waals surface area contributed by atoms with E-state index in [2.05, 4.69) is 0 Å². The Labute approximate surface area is 101 Å². The van der Waals surface area contributed by atoms with Gasteiger partial charge in [-0.05, 0) is 27.2 Å². The predicted molar refractivity (Wildman–Crippen MR) is 60.3 cm³/mol. The van der Waals surface area contributed by atoms with Crippen molar-refractivity contribution < 1.29 is 19.4 Å². The number of amides is 1. The summed E-state index contributed by atoms with van der Waals surface area (Å²) in [5, 5.41) is 17.1. The zero-order valence-corrected chi connectivity index (χ0v) is 10.4. The average Bonchev–Trinajstić information content (AvgIpc) is 2.13. The zero-order chi connectivity index (χ0) is 13.5. The van der Waals surface area contributed by atoms with Gasteiger partial charge >= 0.3 is 12.1 Å². The Bertz CT molecular complexity index is 314. The molecular formula is C11H18N2O4. The van der Waals surface area contributed by atoms with Crippen LogP contribution in [0.4, 0.5) is 4.79 Å². The number of carbonyl (C=O) groups is 2. The molecule has 0 saturated carbocycles. The molecule has 0 bridgehead atoms. The van der Waals surface area contributed by atoms with E-state index in [0.29, 0.717) is 6.42 Å². The van der Waals surface area contributed by atoms with Crippen molar-refractivity contribution in [2.24, 2.45) is 0 Å². The minimum atomic E-state index is -1.10. The molecule has 0 saturated heterocycles. The normalized spacial score (nSPS) is 10.5. The number of nitriles is 1. The number of hydrogen-bond acceptors (Lipinski definition) is 4. The van der Waals surface area contributed by atoms with Crippen molar-refractivity contribution in [3.8, 4) is 6.07 Å². The summed E-state index contributed by atoms with van der Waals surface area (Å²) < 4.78 is 5.07. The maximum absolute atomic E-state index is 11.6. The van der Waals surface area contributed by atoms with Crippen molar-refractivity contribution >= 4 is 12.1 Å². The molecule has 0 aromatic carbocycles. The molecule has 0 radical (unpaired) electrons. The molecule has 6 heteroatoms. The summed E-state index contributed by atoms with van der Waals surface area (Å²) in [5.74, 6) is -1.10. The maximum atomic E-state index is 11.6. The second kappa shape index (κ2) is 6.74. The Kier molecular flexibility index (Phi) is 6.03. The third kappa shape index (κ3) is 8.08. The molecule has 0 aliphatic rings. The van der Waals surface area contributed by atoms with Gasteiger partial charge in [-0.25, -0.2) is 4.79 Å². The van der Waals surface area contributed by atoms with E-state index in [1.54, 1.807) is 20.8 Å². The van der Waals surface area contributed by atoms with E-state index in [9.17, 15) is 9.59 Å². The molecule has 0 aromatic heterocycles. The van der Waals surface area contributed by atoms with E-state index in [1.165, 1.54) is 0 Å². The van der Waals surface area contributed by atoms with Gasteiger partial charge in [0.05, 0.1) is 6.07 Å². The summed E-state index contributed by atoms with van der Waals surface area (Å²) in [4.78, 5) is 23.3. The molecule has 0 aromatic rings. The molecule has 0 heterocycles. The minimum Gasteiger partial charge on any atom is -0.480 e. The van der Waals surface area contributed by atoms with Crippen LogP contribution in [-0.2, 0) is 9.53 Å². The fourth-order valence-corrected chi connectivity index (χ4v) is 1.07. The van der Waals surface area contributed by atoms with Crippen LogP contribution >= 0.6 is 0 Å². The molecule has 0 spiro atoms. The van der Waals surface area contributed by atoms with Crippen LogP contribution in [0.5, 0.6) is 0 Å². The number of carboxylic acid groups (broad SMARTS) is 1. The molecule has 0 fully saturated rings. The van der Waals surface area contributed by atoms with E-state index in [1.807, 2.05) is 6.07 Å². The third-order valence-corrected chi connectivity index (χ3v) is 1.69. The number of nitrogens with zero attached hydrogens (tertiary/aromatic N) is 2. The minimum absolute atomic E-state index is 0.203. The highest BCUT2D eigenvalue weighted by atomic mass is 16.6. The van der Waals surface area contributed by atoms with Crippen molar-refractivity contribution in [3.05, 3.63) is 0 Å². The van der Waals surface area contributed by atoms with Gasteiger partial charge in [-0.2, -0.15) is 5.26 Å². The number of hydrogen-bond donors (Lipinski definition) is 1. The first-order chi connectivity index (χ1) is 7.76. The zero-order valence-electron chi connectivity index (χ0n) is 10.4. The predicted octanol–water partition coefficient (Wildman–Crippen LogP) is 1.61. The topological polar surface area (TPSA) is 90.6 Å². The number of unbranched alkanes of at least 4 members (excludes halogenated alkanes) is 1. The van der Waals surface area contributed by atoms with Crippen molar-refractivity contribution in [2.45, 2.75) is 39.2 Å². The highest BCUT2D eigenvalue weighted by Gasteiger charge is 2.23. The maximum Gasteiger partial charge on any atom is 0.410 e. The highest BCUT2D eigenvalue weighted by molar-refractivity contribution is 5.76. The molecule has 0 rings (SSSR count). The quantitative estimate of drug-likeness (QED) is 0.739. The second-order valence-corrected chi connectivity index (χ2v) is 4.56. The van der Waals surface area contributed by atoms with Crippen LogP contribution in [0.25, 0.3) is 0 Å². The molecular weight excluding hydrogens is 224 g/mol. The number of carbonyl (C=O) groups excluding carboxylic acids is 1.